The van der Waals surface area contributed by atoms with Gasteiger partial charge in [-0.15, -0.1) is 0 Å². The minimum absolute atomic E-state index is 0.216. The summed E-state index contributed by atoms with van der Waals surface area (Å²) in [5, 5.41) is 3.41. The highest BCUT2D eigenvalue weighted by Gasteiger charge is 2.36. The molecule has 1 rings (SSSR count). The monoisotopic (exact) mass is 244 g/mol. The number of ether oxygens (including phenoxy) is 2. The molecule has 0 bridgehead atoms. The van der Waals surface area contributed by atoms with Crippen molar-refractivity contribution >= 4 is 0 Å². The molecule has 0 aliphatic carbocycles. The van der Waals surface area contributed by atoms with Crippen LogP contribution in [0.25, 0.3) is 0 Å². The molecular weight excluding hydrogens is 216 g/mol. The van der Waals surface area contributed by atoms with Crippen molar-refractivity contribution in [3.05, 3.63) is 0 Å². The second kappa shape index (κ2) is 7.31. The summed E-state index contributed by atoms with van der Waals surface area (Å²) in [5.74, 6) is 0.642. The first-order chi connectivity index (χ1) is 8.13. The van der Waals surface area contributed by atoms with Gasteiger partial charge in [-0.1, -0.05) is 13.8 Å². The lowest BCUT2D eigenvalue weighted by atomic mass is 10.0. The summed E-state index contributed by atoms with van der Waals surface area (Å²) < 4.78 is 10.9. The van der Waals surface area contributed by atoms with E-state index in [1.807, 2.05) is 0 Å². The number of likely N-dealkylation sites (tertiary alicyclic amines) is 1. The molecule has 4 atom stereocenters. The van der Waals surface area contributed by atoms with E-state index in [2.05, 4.69) is 31.0 Å². The van der Waals surface area contributed by atoms with Crippen molar-refractivity contribution in [1.29, 1.82) is 0 Å². The maximum absolute atomic E-state index is 5.47. The fourth-order valence-electron chi connectivity index (χ4n) is 2.46. The first kappa shape index (κ1) is 14.9. The van der Waals surface area contributed by atoms with Crippen LogP contribution in [0.3, 0.4) is 0 Å². The van der Waals surface area contributed by atoms with Gasteiger partial charge in [0.05, 0.1) is 12.2 Å². The topological polar surface area (TPSA) is 33.7 Å². The first-order valence-corrected chi connectivity index (χ1v) is 6.64. The van der Waals surface area contributed by atoms with Crippen LogP contribution in [0, 0.1) is 5.92 Å². The summed E-state index contributed by atoms with van der Waals surface area (Å²) in [4.78, 5) is 2.48. The largest absolute Gasteiger partial charge is 0.377 e. The van der Waals surface area contributed by atoms with Gasteiger partial charge in [-0.05, 0) is 25.9 Å². The van der Waals surface area contributed by atoms with E-state index in [9.17, 15) is 0 Å². The quantitative estimate of drug-likeness (QED) is 0.723. The van der Waals surface area contributed by atoms with Gasteiger partial charge in [-0.2, -0.15) is 0 Å². The molecular formula is C13H28N2O2. The van der Waals surface area contributed by atoms with E-state index in [1.54, 1.807) is 14.2 Å². The summed E-state index contributed by atoms with van der Waals surface area (Å²) in [5.41, 5.74) is 0. The Kier molecular flexibility index (Phi) is 6.41. The van der Waals surface area contributed by atoms with Crippen molar-refractivity contribution in [1.82, 2.24) is 10.2 Å². The average Bonchev–Trinajstić information content (AvgIpc) is 2.77. The molecule has 0 radical (unpaired) electrons. The number of rotatable bonds is 7. The molecule has 1 aliphatic heterocycles. The molecule has 0 aromatic heterocycles. The molecule has 4 unspecified atom stereocenters. The number of hydrogen-bond donors (Lipinski definition) is 1. The minimum atomic E-state index is 0.216. The van der Waals surface area contributed by atoms with Gasteiger partial charge in [-0.25, -0.2) is 0 Å². The summed E-state index contributed by atoms with van der Waals surface area (Å²) in [6, 6.07) is 0.562. The maximum atomic E-state index is 5.47. The van der Waals surface area contributed by atoms with Crippen molar-refractivity contribution in [2.24, 2.45) is 5.92 Å². The fourth-order valence-corrected chi connectivity index (χ4v) is 2.46. The lowest BCUT2D eigenvalue weighted by Gasteiger charge is -2.29. The number of methoxy groups -OCH3 is 2. The van der Waals surface area contributed by atoms with Crippen LogP contribution in [-0.2, 0) is 9.47 Å². The van der Waals surface area contributed by atoms with E-state index in [1.165, 1.54) is 0 Å². The highest BCUT2D eigenvalue weighted by molar-refractivity contribution is 4.89. The van der Waals surface area contributed by atoms with Gasteiger partial charge in [0.1, 0.15) is 0 Å². The fraction of sp³-hybridized carbons (Fsp3) is 1.00. The molecule has 1 aliphatic rings. The Bertz CT molecular complexity index is 202. The molecule has 0 aromatic rings. The molecule has 102 valence electrons. The molecule has 17 heavy (non-hydrogen) atoms. The van der Waals surface area contributed by atoms with Crippen molar-refractivity contribution in [3.63, 3.8) is 0 Å². The normalized spacial score (nSPS) is 29.5. The number of nitrogens with zero attached hydrogens (tertiary/aromatic N) is 1. The molecule has 0 amide bonds. The smallest absolute Gasteiger partial charge is 0.0971 e. The molecule has 0 aromatic carbocycles. The SMILES string of the molecule is CCNCC(C)C(C)N1CC(OC)C(OC)C1. The van der Waals surface area contributed by atoms with E-state index in [0.717, 1.165) is 26.2 Å². The van der Waals surface area contributed by atoms with Crippen LogP contribution in [0.15, 0.2) is 0 Å². The Morgan fingerprint density at radius 2 is 1.71 bits per heavy atom. The third kappa shape index (κ3) is 3.91. The third-order valence-electron chi connectivity index (χ3n) is 3.96. The summed E-state index contributed by atoms with van der Waals surface area (Å²) >= 11 is 0. The molecule has 1 fully saturated rings. The Hall–Kier alpha value is -0.160. The van der Waals surface area contributed by atoms with E-state index < -0.39 is 0 Å². The standard InChI is InChI=1S/C13H28N2O2/c1-6-14-7-10(2)11(3)15-8-12(16-4)13(9-15)17-5/h10-14H,6-9H2,1-5H3. The van der Waals surface area contributed by atoms with Crippen molar-refractivity contribution in [3.8, 4) is 0 Å². The Morgan fingerprint density at radius 1 is 1.18 bits per heavy atom. The molecule has 1 saturated heterocycles. The zero-order valence-electron chi connectivity index (χ0n) is 11.9. The molecule has 0 saturated carbocycles. The van der Waals surface area contributed by atoms with Crippen molar-refractivity contribution < 1.29 is 9.47 Å². The van der Waals surface area contributed by atoms with Crippen LogP contribution >= 0.6 is 0 Å². The highest BCUT2D eigenvalue weighted by atomic mass is 16.5. The van der Waals surface area contributed by atoms with Gasteiger partial charge in [0.2, 0.25) is 0 Å². The van der Waals surface area contributed by atoms with Gasteiger partial charge in [0.25, 0.3) is 0 Å². The van der Waals surface area contributed by atoms with Crippen molar-refractivity contribution in [2.75, 3.05) is 40.4 Å². The predicted molar refractivity (Wildman–Crippen MR) is 70.3 cm³/mol. The van der Waals surface area contributed by atoms with Gasteiger partial charge >= 0.3 is 0 Å². The van der Waals surface area contributed by atoms with Crippen molar-refractivity contribution in [2.45, 2.75) is 39.0 Å². The van der Waals surface area contributed by atoms with E-state index in [4.69, 9.17) is 9.47 Å². The second-order valence-electron chi connectivity index (χ2n) is 5.03. The molecule has 1 N–H and O–H groups in total. The molecule has 4 heteroatoms. The van der Waals surface area contributed by atoms with Crippen LogP contribution in [-0.4, -0.2) is 63.5 Å². The lowest BCUT2D eigenvalue weighted by molar-refractivity contribution is -0.00461. The molecule has 4 nitrogen and oxygen atoms in total. The highest BCUT2D eigenvalue weighted by Crippen LogP contribution is 2.21. The summed E-state index contributed by atoms with van der Waals surface area (Å²) in [6.07, 6.45) is 0.433. The number of hydrogen-bond acceptors (Lipinski definition) is 4. The van der Waals surface area contributed by atoms with Crippen LogP contribution in [0.1, 0.15) is 20.8 Å². The minimum Gasteiger partial charge on any atom is -0.377 e. The Balaban J connectivity index is 2.45. The second-order valence-corrected chi connectivity index (χ2v) is 5.03. The predicted octanol–water partition coefficient (Wildman–Crippen LogP) is 0.966. The summed E-state index contributed by atoms with van der Waals surface area (Å²) in [6.45, 7) is 10.8. The van der Waals surface area contributed by atoms with Gasteiger partial charge in [-0.3, -0.25) is 4.90 Å². The van der Waals surface area contributed by atoms with Crippen LogP contribution in [0.2, 0.25) is 0 Å². The molecule has 0 spiro atoms. The zero-order valence-corrected chi connectivity index (χ0v) is 11.9. The zero-order chi connectivity index (χ0) is 12.8. The van der Waals surface area contributed by atoms with Gasteiger partial charge in [0, 0.05) is 33.4 Å². The van der Waals surface area contributed by atoms with Crippen LogP contribution in [0.4, 0.5) is 0 Å². The van der Waals surface area contributed by atoms with E-state index in [0.29, 0.717) is 12.0 Å². The Morgan fingerprint density at radius 3 is 2.12 bits per heavy atom. The third-order valence-corrected chi connectivity index (χ3v) is 3.96. The summed E-state index contributed by atoms with van der Waals surface area (Å²) in [7, 11) is 3.54. The van der Waals surface area contributed by atoms with Crippen LogP contribution in [0.5, 0.6) is 0 Å². The van der Waals surface area contributed by atoms with Gasteiger partial charge < -0.3 is 14.8 Å². The van der Waals surface area contributed by atoms with E-state index in [-0.39, 0.29) is 12.2 Å². The molecule has 1 heterocycles. The van der Waals surface area contributed by atoms with Gasteiger partial charge in [0.15, 0.2) is 0 Å². The Labute approximate surface area is 106 Å². The first-order valence-electron chi connectivity index (χ1n) is 6.64. The number of nitrogens with one attached hydrogen (secondary N) is 1. The van der Waals surface area contributed by atoms with Crippen LogP contribution < -0.4 is 5.32 Å². The maximum Gasteiger partial charge on any atom is 0.0971 e. The average molecular weight is 244 g/mol. The van der Waals surface area contributed by atoms with E-state index >= 15 is 0 Å². The lowest BCUT2D eigenvalue weighted by Crippen LogP contribution is -2.40.